The minimum atomic E-state index is -0.176. The second kappa shape index (κ2) is 12.2. The number of aliphatic imine (C=N–C) groups is 1. The summed E-state index contributed by atoms with van der Waals surface area (Å²) < 4.78 is 11.3. The van der Waals surface area contributed by atoms with Crippen LogP contribution in [-0.4, -0.2) is 51.5 Å². The lowest BCUT2D eigenvalue weighted by molar-refractivity contribution is -0.0855. The zero-order chi connectivity index (χ0) is 19.8. The van der Waals surface area contributed by atoms with Crippen LogP contribution in [0.25, 0.3) is 0 Å². The molecule has 1 heterocycles. The van der Waals surface area contributed by atoms with Crippen LogP contribution < -0.4 is 10.6 Å². The van der Waals surface area contributed by atoms with Gasteiger partial charge in [-0.25, -0.2) is 0 Å². The molecule has 1 aromatic carbocycles. The van der Waals surface area contributed by atoms with Gasteiger partial charge < -0.3 is 20.1 Å². The van der Waals surface area contributed by atoms with Crippen LogP contribution in [0, 0.1) is 5.41 Å². The van der Waals surface area contributed by atoms with Crippen molar-refractivity contribution in [3.05, 3.63) is 34.9 Å². The molecule has 0 spiro atoms. The number of guanidine groups is 1. The van der Waals surface area contributed by atoms with E-state index in [9.17, 15) is 0 Å². The molecule has 2 N–H and O–H groups in total. The van der Waals surface area contributed by atoms with Crippen molar-refractivity contribution >= 4 is 41.5 Å². The number of nitrogens with one attached hydrogen (secondary N) is 2. The number of hydrogen-bond acceptors (Lipinski definition) is 3. The molecule has 5 nitrogen and oxygen atoms in total. The Balaban J connectivity index is 0.00000392. The molecule has 1 fully saturated rings. The fraction of sp³-hybridized carbons (Fsp3) is 0.667. The summed E-state index contributed by atoms with van der Waals surface area (Å²) in [5.41, 5.74) is 1.09. The molecule has 0 aliphatic carbocycles. The van der Waals surface area contributed by atoms with Gasteiger partial charge in [-0.05, 0) is 36.5 Å². The smallest absolute Gasteiger partial charge is 0.191 e. The maximum absolute atomic E-state index is 6.12. The molecule has 2 rings (SSSR count). The van der Waals surface area contributed by atoms with E-state index in [1.165, 1.54) is 5.56 Å². The van der Waals surface area contributed by atoms with Gasteiger partial charge in [-0.2, -0.15) is 0 Å². The monoisotopic (exact) mass is 523 g/mol. The molecule has 28 heavy (non-hydrogen) atoms. The van der Waals surface area contributed by atoms with Crippen LogP contribution in [0.5, 0.6) is 0 Å². The van der Waals surface area contributed by atoms with E-state index < -0.39 is 0 Å². The minimum absolute atomic E-state index is 0. The Morgan fingerprint density at radius 2 is 2.00 bits per heavy atom. The second-order valence-electron chi connectivity index (χ2n) is 8.02. The molecule has 0 bridgehead atoms. The normalized spacial score (nSPS) is 17.0. The van der Waals surface area contributed by atoms with Gasteiger partial charge in [0.2, 0.25) is 0 Å². The van der Waals surface area contributed by atoms with E-state index in [4.69, 9.17) is 26.1 Å². The minimum Gasteiger partial charge on any atom is -0.381 e. The fourth-order valence-corrected chi connectivity index (χ4v) is 3.54. The van der Waals surface area contributed by atoms with Crippen LogP contribution in [0.4, 0.5) is 0 Å². The third-order valence-corrected chi connectivity index (χ3v) is 5.23. The van der Waals surface area contributed by atoms with Crippen LogP contribution in [0.1, 0.15) is 39.2 Å². The Morgan fingerprint density at radius 3 is 2.61 bits per heavy atom. The largest absolute Gasteiger partial charge is 0.381 e. The summed E-state index contributed by atoms with van der Waals surface area (Å²) in [5, 5.41) is 7.59. The van der Waals surface area contributed by atoms with Crippen LogP contribution in [0.2, 0.25) is 5.02 Å². The molecule has 0 amide bonds. The van der Waals surface area contributed by atoms with Crippen LogP contribution in [-0.2, 0) is 15.9 Å². The Kier molecular flexibility index (Phi) is 11.1. The van der Waals surface area contributed by atoms with Gasteiger partial charge in [0.05, 0.1) is 5.60 Å². The lowest BCUT2D eigenvalue weighted by atomic mass is 9.86. The van der Waals surface area contributed by atoms with Crippen molar-refractivity contribution in [3.63, 3.8) is 0 Å². The average Bonchev–Trinajstić information content (AvgIpc) is 2.64. The van der Waals surface area contributed by atoms with Crippen molar-refractivity contribution in [2.24, 2.45) is 10.4 Å². The number of benzene rings is 1. The maximum atomic E-state index is 6.12. The summed E-state index contributed by atoms with van der Waals surface area (Å²) in [6.07, 6.45) is 2.72. The van der Waals surface area contributed by atoms with Crippen LogP contribution in [0.15, 0.2) is 29.3 Å². The lowest BCUT2D eigenvalue weighted by Crippen LogP contribution is -2.51. The molecule has 160 valence electrons. The van der Waals surface area contributed by atoms with E-state index in [1.807, 2.05) is 18.2 Å². The number of nitrogens with zero attached hydrogens (tertiary/aromatic N) is 1. The Morgan fingerprint density at radius 1 is 1.29 bits per heavy atom. The van der Waals surface area contributed by atoms with Gasteiger partial charge in [-0.15, -0.1) is 24.0 Å². The van der Waals surface area contributed by atoms with E-state index in [0.29, 0.717) is 0 Å². The number of ether oxygens (including phenoxy) is 2. The van der Waals surface area contributed by atoms with Crippen LogP contribution in [0.3, 0.4) is 0 Å². The summed E-state index contributed by atoms with van der Waals surface area (Å²) in [6, 6.07) is 8.06. The zero-order valence-electron chi connectivity index (χ0n) is 17.5. The van der Waals surface area contributed by atoms with Gasteiger partial charge in [0.15, 0.2) is 5.96 Å². The predicted octanol–water partition coefficient (Wildman–Crippen LogP) is 4.28. The summed E-state index contributed by atoms with van der Waals surface area (Å²) in [5.74, 6) is 0.833. The van der Waals surface area contributed by atoms with E-state index >= 15 is 0 Å². The van der Waals surface area contributed by atoms with E-state index in [1.54, 1.807) is 7.11 Å². The molecule has 0 radical (unpaired) electrons. The molecule has 1 aliphatic rings. The van der Waals surface area contributed by atoms with Crippen molar-refractivity contribution in [1.82, 2.24) is 10.6 Å². The zero-order valence-corrected chi connectivity index (χ0v) is 20.6. The first-order valence-electron chi connectivity index (χ1n) is 9.78. The fourth-order valence-electron chi connectivity index (χ4n) is 3.33. The first kappa shape index (κ1) is 25.5. The molecular weight excluding hydrogens is 489 g/mol. The quantitative estimate of drug-likeness (QED) is 0.303. The van der Waals surface area contributed by atoms with Crippen molar-refractivity contribution in [3.8, 4) is 0 Å². The van der Waals surface area contributed by atoms with Crippen LogP contribution >= 0.6 is 35.6 Å². The Bertz CT molecular complexity index is 619. The molecule has 0 atom stereocenters. The predicted molar refractivity (Wildman–Crippen MR) is 128 cm³/mol. The highest BCUT2D eigenvalue weighted by Gasteiger charge is 2.32. The van der Waals surface area contributed by atoms with E-state index in [-0.39, 0.29) is 35.0 Å². The van der Waals surface area contributed by atoms with E-state index in [0.717, 1.165) is 63.1 Å². The van der Waals surface area contributed by atoms with Crippen molar-refractivity contribution < 1.29 is 9.47 Å². The average molecular weight is 524 g/mol. The first-order valence-corrected chi connectivity index (χ1v) is 10.2. The lowest BCUT2D eigenvalue weighted by Gasteiger charge is -2.36. The van der Waals surface area contributed by atoms with Gasteiger partial charge in [-0.3, -0.25) is 4.99 Å². The Hall–Kier alpha value is -0.570. The molecular formula is C21H35ClIN3O2. The van der Waals surface area contributed by atoms with E-state index in [2.05, 4.69) is 37.5 Å². The van der Waals surface area contributed by atoms with Gasteiger partial charge in [0, 0.05) is 57.8 Å². The molecule has 0 aromatic heterocycles. The van der Waals surface area contributed by atoms with Gasteiger partial charge >= 0.3 is 0 Å². The summed E-state index contributed by atoms with van der Waals surface area (Å²) >= 11 is 6.12. The SMILES string of the molecule is CCNC(=NCC(C)(C)Cc1cccc(Cl)c1)NCC1(OC)CCOCC1.I. The van der Waals surface area contributed by atoms with Crippen molar-refractivity contribution in [2.45, 2.75) is 45.6 Å². The summed E-state index contributed by atoms with van der Waals surface area (Å²) in [6.45, 7) is 10.3. The summed E-state index contributed by atoms with van der Waals surface area (Å²) in [7, 11) is 1.78. The first-order chi connectivity index (χ1) is 12.9. The number of rotatable bonds is 8. The highest BCUT2D eigenvalue weighted by molar-refractivity contribution is 14.0. The molecule has 1 aromatic rings. The number of methoxy groups -OCH3 is 1. The highest BCUT2D eigenvalue weighted by atomic mass is 127. The summed E-state index contributed by atoms with van der Waals surface area (Å²) in [4.78, 5) is 4.83. The van der Waals surface area contributed by atoms with Gasteiger partial charge in [-0.1, -0.05) is 37.6 Å². The standard InChI is InChI=1S/C21H34ClN3O2.HI/c1-5-23-19(25-16-21(26-4)9-11-27-12-10-21)24-15-20(2,3)14-17-7-6-8-18(22)13-17;/h6-8,13H,5,9-12,14-16H2,1-4H3,(H2,23,24,25);1H. The molecule has 0 unspecified atom stereocenters. The molecule has 1 saturated heterocycles. The van der Waals surface area contributed by atoms with Crippen molar-refractivity contribution in [2.75, 3.05) is 40.0 Å². The molecule has 7 heteroatoms. The second-order valence-corrected chi connectivity index (χ2v) is 8.46. The third-order valence-electron chi connectivity index (χ3n) is 5.00. The molecule has 0 saturated carbocycles. The van der Waals surface area contributed by atoms with Gasteiger partial charge in [0.25, 0.3) is 0 Å². The topological polar surface area (TPSA) is 54.9 Å². The Labute approximate surface area is 192 Å². The number of hydrogen-bond donors (Lipinski definition) is 2. The molecule has 1 aliphatic heterocycles. The number of halogens is 2. The maximum Gasteiger partial charge on any atom is 0.191 e. The highest BCUT2D eigenvalue weighted by Crippen LogP contribution is 2.25. The van der Waals surface area contributed by atoms with Crippen molar-refractivity contribution in [1.29, 1.82) is 0 Å². The van der Waals surface area contributed by atoms with Gasteiger partial charge in [0.1, 0.15) is 0 Å². The third kappa shape index (κ3) is 8.43.